The number of hydrogen-bond acceptors (Lipinski definition) is 1. The molecule has 0 saturated heterocycles. The van der Waals surface area contributed by atoms with Gasteiger partial charge in [-0.25, -0.2) is 0 Å². The second-order valence-corrected chi connectivity index (χ2v) is 4.72. The van der Waals surface area contributed by atoms with Crippen LogP contribution in [0.15, 0.2) is 0 Å². The first-order valence-electron chi connectivity index (χ1n) is 5.05. The SMILES string of the molecule is OC1(CCBr)CCCCCCC1. The van der Waals surface area contributed by atoms with Crippen molar-refractivity contribution in [3.05, 3.63) is 0 Å². The zero-order valence-corrected chi connectivity index (χ0v) is 9.28. The van der Waals surface area contributed by atoms with E-state index in [1.54, 1.807) is 0 Å². The molecular weight excluding hydrogens is 216 g/mol. The van der Waals surface area contributed by atoms with E-state index in [0.29, 0.717) is 0 Å². The topological polar surface area (TPSA) is 20.2 Å². The molecular formula is C10H19BrO. The van der Waals surface area contributed by atoms with Gasteiger partial charge in [-0.2, -0.15) is 0 Å². The Morgan fingerprint density at radius 1 is 1.00 bits per heavy atom. The summed E-state index contributed by atoms with van der Waals surface area (Å²) in [6, 6.07) is 0. The molecule has 1 N–H and O–H groups in total. The van der Waals surface area contributed by atoms with Gasteiger partial charge >= 0.3 is 0 Å². The summed E-state index contributed by atoms with van der Waals surface area (Å²) in [5.74, 6) is 0. The van der Waals surface area contributed by atoms with Crippen molar-refractivity contribution in [1.82, 2.24) is 0 Å². The van der Waals surface area contributed by atoms with Gasteiger partial charge in [0.15, 0.2) is 0 Å². The van der Waals surface area contributed by atoms with Gasteiger partial charge in [0.25, 0.3) is 0 Å². The summed E-state index contributed by atoms with van der Waals surface area (Å²) in [4.78, 5) is 0. The zero-order valence-electron chi connectivity index (χ0n) is 7.69. The minimum Gasteiger partial charge on any atom is -0.390 e. The first kappa shape index (κ1) is 10.5. The van der Waals surface area contributed by atoms with E-state index < -0.39 is 0 Å². The maximum Gasteiger partial charge on any atom is 0.0655 e. The fraction of sp³-hybridized carbons (Fsp3) is 1.00. The minimum atomic E-state index is -0.343. The van der Waals surface area contributed by atoms with Crippen LogP contribution < -0.4 is 0 Å². The molecule has 72 valence electrons. The van der Waals surface area contributed by atoms with Crippen molar-refractivity contribution in [3.8, 4) is 0 Å². The number of hydrogen-bond donors (Lipinski definition) is 1. The monoisotopic (exact) mass is 234 g/mol. The predicted molar refractivity (Wildman–Crippen MR) is 55.7 cm³/mol. The molecule has 0 aromatic heterocycles. The van der Waals surface area contributed by atoms with E-state index in [1.165, 1.54) is 32.1 Å². The number of alkyl halides is 1. The van der Waals surface area contributed by atoms with Crippen LogP contribution in [-0.4, -0.2) is 16.0 Å². The number of halogens is 1. The Hall–Kier alpha value is 0.440. The van der Waals surface area contributed by atoms with Crippen LogP contribution in [0.3, 0.4) is 0 Å². The van der Waals surface area contributed by atoms with E-state index in [-0.39, 0.29) is 5.60 Å². The summed E-state index contributed by atoms with van der Waals surface area (Å²) in [6.07, 6.45) is 9.36. The first-order valence-corrected chi connectivity index (χ1v) is 6.17. The Morgan fingerprint density at radius 2 is 1.50 bits per heavy atom. The summed E-state index contributed by atoms with van der Waals surface area (Å²) in [6.45, 7) is 0. The van der Waals surface area contributed by atoms with Crippen LogP contribution in [0.2, 0.25) is 0 Å². The van der Waals surface area contributed by atoms with Gasteiger partial charge in [-0.3, -0.25) is 0 Å². The molecule has 1 fully saturated rings. The number of rotatable bonds is 2. The maximum absolute atomic E-state index is 10.1. The molecule has 0 bridgehead atoms. The molecule has 1 nitrogen and oxygen atoms in total. The van der Waals surface area contributed by atoms with Gasteiger partial charge in [0, 0.05) is 5.33 Å². The Bertz CT molecular complexity index is 117. The molecule has 0 atom stereocenters. The van der Waals surface area contributed by atoms with Crippen molar-refractivity contribution >= 4 is 15.9 Å². The molecule has 0 spiro atoms. The van der Waals surface area contributed by atoms with E-state index in [2.05, 4.69) is 15.9 Å². The summed E-state index contributed by atoms with van der Waals surface area (Å²) in [5.41, 5.74) is -0.343. The Balaban J connectivity index is 2.36. The second kappa shape index (κ2) is 5.23. The van der Waals surface area contributed by atoms with Crippen molar-refractivity contribution in [1.29, 1.82) is 0 Å². The normalized spacial score (nSPS) is 24.5. The fourth-order valence-electron chi connectivity index (χ4n) is 1.99. The Morgan fingerprint density at radius 3 is 2.00 bits per heavy atom. The van der Waals surface area contributed by atoms with E-state index in [4.69, 9.17) is 0 Å². The van der Waals surface area contributed by atoms with E-state index in [0.717, 1.165) is 24.6 Å². The van der Waals surface area contributed by atoms with Crippen LogP contribution >= 0.6 is 15.9 Å². The van der Waals surface area contributed by atoms with Crippen LogP contribution in [0.4, 0.5) is 0 Å². The van der Waals surface area contributed by atoms with Gasteiger partial charge in [-0.15, -0.1) is 0 Å². The molecule has 0 amide bonds. The second-order valence-electron chi connectivity index (χ2n) is 3.93. The van der Waals surface area contributed by atoms with Crippen molar-refractivity contribution < 1.29 is 5.11 Å². The van der Waals surface area contributed by atoms with E-state index in [1.807, 2.05) is 0 Å². The van der Waals surface area contributed by atoms with Crippen molar-refractivity contribution in [2.24, 2.45) is 0 Å². The third kappa shape index (κ3) is 3.44. The molecule has 1 aliphatic rings. The van der Waals surface area contributed by atoms with E-state index >= 15 is 0 Å². The molecule has 1 saturated carbocycles. The third-order valence-electron chi connectivity index (χ3n) is 2.84. The Labute approximate surface area is 83.7 Å². The molecule has 0 heterocycles. The summed E-state index contributed by atoms with van der Waals surface area (Å²) in [5, 5.41) is 11.1. The highest BCUT2D eigenvalue weighted by atomic mass is 79.9. The first-order chi connectivity index (χ1) is 5.77. The quantitative estimate of drug-likeness (QED) is 0.728. The molecule has 0 aliphatic heterocycles. The molecule has 2 heteroatoms. The Kier molecular flexibility index (Phi) is 4.59. The van der Waals surface area contributed by atoms with Crippen LogP contribution in [0.25, 0.3) is 0 Å². The average molecular weight is 235 g/mol. The summed E-state index contributed by atoms with van der Waals surface area (Å²) in [7, 11) is 0. The van der Waals surface area contributed by atoms with Crippen molar-refractivity contribution in [2.75, 3.05) is 5.33 Å². The lowest BCUT2D eigenvalue weighted by Gasteiger charge is -2.29. The fourth-order valence-corrected chi connectivity index (χ4v) is 2.73. The smallest absolute Gasteiger partial charge is 0.0655 e. The third-order valence-corrected chi connectivity index (χ3v) is 3.24. The standard InChI is InChI=1S/C10H19BrO/c11-9-8-10(12)6-4-2-1-3-5-7-10/h12H,1-9H2. The van der Waals surface area contributed by atoms with Gasteiger partial charge < -0.3 is 5.11 Å². The van der Waals surface area contributed by atoms with Gasteiger partial charge in [-0.05, 0) is 19.3 Å². The summed E-state index contributed by atoms with van der Waals surface area (Å²) >= 11 is 3.41. The average Bonchev–Trinajstić information content (AvgIpc) is 1.99. The largest absolute Gasteiger partial charge is 0.390 e. The highest BCUT2D eigenvalue weighted by Crippen LogP contribution is 2.29. The van der Waals surface area contributed by atoms with Crippen LogP contribution in [0, 0.1) is 0 Å². The van der Waals surface area contributed by atoms with Crippen molar-refractivity contribution in [2.45, 2.75) is 57.0 Å². The molecule has 1 aliphatic carbocycles. The summed E-state index contributed by atoms with van der Waals surface area (Å²) < 4.78 is 0. The molecule has 0 aromatic carbocycles. The van der Waals surface area contributed by atoms with Gasteiger partial charge in [0.1, 0.15) is 0 Å². The lowest BCUT2D eigenvalue weighted by molar-refractivity contribution is 0.0119. The molecule has 12 heavy (non-hydrogen) atoms. The van der Waals surface area contributed by atoms with Crippen LogP contribution in [-0.2, 0) is 0 Å². The highest BCUT2D eigenvalue weighted by Gasteiger charge is 2.25. The van der Waals surface area contributed by atoms with Crippen LogP contribution in [0.5, 0.6) is 0 Å². The minimum absolute atomic E-state index is 0.343. The predicted octanol–water partition coefficient (Wildman–Crippen LogP) is 3.25. The lowest BCUT2D eigenvalue weighted by Crippen LogP contribution is -2.29. The molecule has 0 unspecified atom stereocenters. The molecule has 0 aromatic rings. The highest BCUT2D eigenvalue weighted by molar-refractivity contribution is 9.09. The van der Waals surface area contributed by atoms with Crippen molar-refractivity contribution in [3.63, 3.8) is 0 Å². The van der Waals surface area contributed by atoms with Gasteiger partial charge in [0.05, 0.1) is 5.60 Å². The molecule has 1 rings (SSSR count). The number of aliphatic hydroxyl groups is 1. The van der Waals surface area contributed by atoms with Crippen LogP contribution in [0.1, 0.15) is 51.4 Å². The lowest BCUT2D eigenvalue weighted by atomic mass is 9.85. The van der Waals surface area contributed by atoms with Gasteiger partial charge in [0.2, 0.25) is 0 Å². The molecule has 0 radical (unpaired) electrons. The zero-order chi connectivity index (χ0) is 8.86. The maximum atomic E-state index is 10.1. The van der Waals surface area contributed by atoms with Gasteiger partial charge in [-0.1, -0.05) is 48.0 Å². The van der Waals surface area contributed by atoms with E-state index in [9.17, 15) is 5.11 Å².